The van der Waals surface area contributed by atoms with E-state index in [1.54, 1.807) is 12.1 Å². The Balaban J connectivity index is 1.78. The minimum Gasteiger partial charge on any atom is -0.369 e. The van der Waals surface area contributed by atoms with Crippen molar-refractivity contribution < 1.29 is 8.42 Å². The number of benzene rings is 4. The van der Waals surface area contributed by atoms with E-state index in [0.717, 1.165) is 32.9 Å². The first kappa shape index (κ1) is 21.4. The van der Waals surface area contributed by atoms with Crippen LogP contribution in [-0.2, 0) is 10.0 Å². The van der Waals surface area contributed by atoms with Crippen LogP contribution >= 0.6 is 0 Å². The van der Waals surface area contributed by atoms with Crippen molar-refractivity contribution in [3.8, 4) is 5.69 Å². The third-order valence-corrected chi connectivity index (χ3v) is 6.73. The summed E-state index contributed by atoms with van der Waals surface area (Å²) in [6.45, 7) is 0. The van der Waals surface area contributed by atoms with Gasteiger partial charge in [0.2, 0.25) is 5.96 Å². The van der Waals surface area contributed by atoms with Gasteiger partial charge in [-0.15, -0.1) is 4.40 Å². The lowest BCUT2D eigenvalue weighted by Crippen LogP contribution is -2.24. The molecule has 8 heteroatoms. The smallest absolute Gasteiger partial charge is 0.285 e. The number of aromatic nitrogens is 1. The molecule has 0 spiro atoms. The van der Waals surface area contributed by atoms with Crippen LogP contribution in [-0.4, -0.2) is 18.9 Å². The van der Waals surface area contributed by atoms with Gasteiger partial charge in [0, 0.05) is 16.5 Å². The second kappa shape index (κ2) is 8.49. The lowest BCUT2D eigenvalue weighted by atomic mass is 10.1. The fraction of sp³-hybridized carbons (Fsp3) is 0. The average Bonchev–Trinajstić information content (AvgIpc) is 2.84. The molecule has 0 radical (unpaired) electrons. The second-order valence-electron chi connectivity index (χ2n) is 7.65. The Morgan fingerprint density at radius 3 is 1.76 bits per heavy atom. The quantitative estimate of drug-likeness (QED) is 0.236. The Hall–Kier alpha value is -4.43. The largest absolute Gasteiger partial charge is 0.369 e. The average molecular weight is 468 g/mol. The number of fused-ring (bicyclic) bond motifs is 2. The number of para-hydroxylation sites is 3. The normalized spacial score (nSPS) is 11.4. The molecule has 0 amide bonds. The fourth-order valence-corrected chi connectivity index (χ4v) is 4.86. The monoisotopic (exact) mass is 467 g/mol. The predicted molar refractivity (Wildman–Crippen MR) is 135 cm³/mol. The highest BCUT2D eigenvalue weighted by atomic mass is 32.2. The van der Waals surface area contributed by atoms with Gasteiger partial charge in [-0.25, -0.2) is 4.99 Å². The lowest BCUT2D eigenvalue weighted by Gasteiger charge is -2.16. The molecule has 0 saturated heterocycles. The predicted octanol–water partition coefficient (Wildman–Crippen LogP) is 3.98. The zero-order valence-corrected chi connectivity index (χ0v) is 18.9. The van der Waals surface area contributed by atoms with E-state index in [-0.39, 0.29) is 4.90 Å². The standard InChI is InChI=1S/C26H21N5O2S/c27-26(28)30-34(32,33)20-16-14-18(15-17-20)29-25-21-10-4-6-12-23(21)31(19-8-2-1-3-9-19)24-13-7-5-11-22(24)25/h1-17H,(H4,27,28,30). The summed E-state index contributed by atoms with van der Waals surface area (Å²) in [7, 11) is -3.96. The lowest BCUT2D eigenvalue weighted by molar-refractivity contribution is 0.598. The van der Waals surface area contributed by atoms with Crippen molar-refractivity contribution in [1.82, 2.24) is 4.57 Å². The molecule has 34 heavy (non-hydrogen) atoms. The summed E-state index contributed by atoms with van der Waals surface area (Å²) in [5, 5.41) is 2.75. The van der Waals surface area contributed by atoms with Gasteiger partial charge in [-0.1, -0.05) is 54.6 Å². The van der Waals surface area contributed by atoms with Crippen LogP contribution in [0.15, 0.2) is 117 Å². The molecule has 7 nitrogen and oxygen atoms in total. The van der Waals surface area contributed by atoms with E-state index < -0.39 is 16.0 Å². The molecule has 168 valence electrons. The molecule has 1 heterocycles. The van der Waals surface area contributed by atoms with Crippen LogP contribution in [0.25, 0.3) is 27.5 Å². The Labute approximate surface area is 196 Å². The summed E-state index contributed by atoms with van der Waals surface area (Å²) in [4.78, 5) is 4.91. The first-order chi connectivity index (χ1) is 16.4. The maximum atomic E-state index is 12.3. The minimum atomic E-state index is -3.96. The molecule has 4 N–H and O–H groups in total. The van der Waals surface area contributed by atoms with Crippen LogP contribution in [0.4, 0.5) is 5.69 Å². The van der Waals surface area contributed by atoms with E-state index in [1.165, 1.54) is 12.1 Å². The Morgan fingerprint density at radius 2 is 1.21 bits per heavy atom. The molecule has 0 aliphatic heterocycles. The summed E-state index contributed by atoms with van der Waals surface area (Å²) >= 11 is 0. The first-order valence-electron chi connectivity index (χ1n) is 10.5. The minimum absolute atomic E-state index is 0.00968. The van der Waals surface area contributed by atoms with E-state index >= 15 is 0 Å². The molecule has 0 atom stereocenters. The molecule has 5 aromatic rings. The molecule has 1 aromatic heterocycles. The van der Waals surface area contributed by atoms with Crippen molar-refractivity contribution >= 4 is 43.5 Å². The number of nitrogens with zero attached hydrogens (tertiary/aromatic N) is 3. The van der Waals surface area contributed by atoms with Gasteiger partial charge in [-0.3, -0.25) is 0 Å². The number of pyridine rings is 1. The summed E-state index contributed by atoms with van der Waals surface area (Å²) in [6.07, 6.45) is 0. The molecule has 0 aliphatic carbocycles. The molecular formula is C26H21N5O2S. The van der Waals surface area contributed by atoms with E-state index in [0.29, 0.717) is 5.69 Å². The third-order valence-electron chi connectivity index (χ3n) is 5.42. The highest BCUT2D eigenvalue weighted by molar-refractivity contribution is 7.90. The van der Waals surface area contributed by atoms with Gasteiger partial charge in [0.15, 0.2) is 0 Å². The van der Waals surface area contributed by atoms with E-state index in [1.807, 2.05) is 54.6 Å². The number of hydrogen-bond donors (Lipinski definition) is 2. The number of guanidine groups is 1. The summed E-state index contributed by atoms with van der Waals surface area (Å²) < 4.78 is 30.0. The summed E-state index contributed by atoms with van der Waals surface area (Å²) in [5.41, 5.74) is 14.2. The maximum absolute atomic E-state index is 12.3. The molecule has 0 unspecified atom stereocenters. The van der Waals surface area contributed by atoms with Crippen LogP contribution in [0.1, 0.15) is 0 Å². The third kappa shape index (κ3) is 3.91. The molecule has 4 aromatic carbocycles. The van der Waals surface area contributed by atoms with Crippen LogP contribution in [0.2, 0.25) is 0 Å². The van der Waals surface area contributed by atoms with Gasteiger partial charge >= 0.3 is 0 Å². The van der Waals surface area contributed by atoms with Crippen LogP contribution in [0, 0.1) is 0 Å². The van der Waals surface area contributed by atoms with Crippen molar-refractivity contribution in [2.24, 2.45) is 20.9 Å². The topological polar surface area (TPSA) is 116 Å². The van der Waals surface area contributed by atoms with Gasteiger partial charge < -0.3 is 16.0 Å². The highest BCUT2D eigenvalue weighted by Gasteiger charge is 2.14. The first-order valence-corrected chi connectivity index (χ1v) is 12.0. The van der Waals surface area contributed by atoms with Crippen molar-refractivity contribution in [3.63, 3.8) is 0 Å². The number of rotatable bonds is 4. The van der Waals surface area contributed by atoms with Crippen molar-refractivity contribution in [2.75, 3.05) is 0 Å². The summed E-state index contributed by atoms with van der Waals surface area (Å²) in [5.74, 6) is -0.511. The molecule has 0 aliphatic rings. The second-order valence-corrected chi connectivity index (χ2v) is 9.25. The Morgan fingerprint density at radius 1 is 0.676 bits per heavy atom. The van der Waals surface area contributed by atoms with Gasteiger partial charge in [0.1, 0.15) is 0 Å². The Kier molecular flexibility index (Phi) is 5.35. The zero-order valence-electron chi connectivity index (χ0n) is 18.0. The van der Waals surface area contributed by atoms with E-state index in [4.69, 9.17) is 16.5 Å². The Bertz CT molecular complexity index is 1660. The fourth-order valence-electron chi connectivity index (χ4n) is 4.00. The van der Waals surface area contributed by atoms with Crippen LogP contribution in [0.3, 0.4) is 0 Å². The van der Waals surface area contributed by atoms with Gasteiger partial charge in [-0.2, -0.15) is 8.42 Å². The SMILES string of the molecule is NC(N)=NS(=O)(=O)c1ccc(N=c2c3ccccc3n(-c3ccccc3)c3ccccc23)cc1. The molecule has 0 bridgehead atoms. The van der Waals surface area contributed by atoms with Gasteiger partial charge in [-0.05, 0) is 48.5 Å². The van der Waals surface area contributed by atoms with Crippen molar-refractivity contribution in [3.05, 3.63) is 108 Å². The molecule has 0 saturated carbocycles. The van der Waals surface area contributed by atoms with Gasteiger partial charge in [0.05, 0.1) is 27.0 Å². The number of nitrogens with two attached hydrogens (primary N) is 2. The van der Waals surface area contributed by atoms with Crippen molar-refractivity contribution in [1.29, 1.82) is 0 Å². The molecular weight excluding hydrogens is 446 g/mol. The van der Waals surface area contributed by atoms with Crippen LogP contribution in [0.5, 0.6) is 0 Å². The molecule has 5 rings (SSSR count). The van der Waals surface area contributed by atoms with E-state index in [9.17, 15) is 8.42 Å². The number of hydrogen-bond acceptors (Lipinski definition) is 3. The van der Waals surface area contributed by atoms with E-state index in [2.05, 4.69) is 33.2 Å². The number of sulfonamides is 1. The maximum Gasteiger partial charge on any atom is 0.285 e. The molecule has 0 fully saturated rings. The zero-order chi connectivity index (χ0) is 23.7. The van der Waals surface area contributed by atoms with Gasteiger partial charge in [0.25, 0.3) is 10.0 Å². The van der Waals surface area contributed by atoms with Crippen LogP contribution < -0.4 is 16.8 Å². The highest BCUT2D eigenvalue weighted by Crippen LogP contribution is 2.25. The van der Waals surface area contributed by atoms with Crippen molar-refractivity contribution in [2.45, 2.75) is 4.90 Å². The summed E-state index contributed by atoms with van der Waals surface area (Å²) in [6, 6.07) is 32.5.